The number of carbonyl (C=O) groups excluding carboxylic acids is 1. The van der Waals surface area contributed by atoms with Gasteiger partial charge in [-0.3, -0.25) is 4.79 Å². The molecular weight excluding hydrogens is 336 g/mol. The smallest absolute Gasteiger partial charge is 0.257 e. The van der Waals surface area contributed by atoms with Crippen molar-refractivity contribution in [1.29, 1.82) is 0 Å². The van der Waals surface area contributed by atoms with Gasteiger partial charge in [0.05, 0.1) is 11.3 Å². The van der Waals surface area contributed by atoms with Gasteiger partial charge in [0.15, 0.2) is 5.65 Å². The lowest BCUT2D eigenvalue weighted by molar-refractivity contribution is 0.0684. The second-order valence-electron chi connectivity index (χ2n) is 7.36. The van der Waals surface area contributed by atoms with Crippen LogP contribution in [-0.4, -0.2) is 33.9 Å². The first-order valence-electron chi connectivity index (χ1n) is 9.49. The van der Waals surface area contributed by atoms with E-state index in [1.165, 1.54) is 6.42 Å². The van der Waals surface area contributed by atoms with Gasteiger partial charge in [0, 0.05) is 36.1 Å². The molecule has 27 heavy (non-hydrogen) atoms. The summed E-state index contributed by atoms with van der Waals surface area (Å²) in [5.41, 5.74) is 3.88. The van der Waals surface area contributed by atoms with Gasteiger partial charge in [0.2, 0.25) is 0 Å². The molecule has 2 aromatic heterocycles. The largest absolute Gasteiger partial charge is 0.354 e. The number of nitrogens with one attached hydrogen (secondary N) is 1. The number of nitrogens with zero attached hydrogens (tertiary/aromatic N) is 3. The van der Waals surface area contributed by atoms with E-state index in [4.69, 9.17) is 0 Å². The summed E-state index contributed by atoms with van der Waals surface area (Å²) >= 11 is 0. The molecule has 0 radical (unpaired) electrons. The molecule has 4 rings (SSSR count). The Labute approximate surface area is 159 Å². The fourth-order valence-corrected chi connectivity index (χ4v) is 3.68. The van der Waals surface area contributed by atoms with Gasteiger partial charge >= 0.3 is 0 Å². The summed E-state index contributed by atoms with van der Waals surface area (Å²) < 4.78 is 0. The summed E-state index contributed by atoms with van der Waals surface area (Å²) in [5, 5.41) is 4.30. The maximum absolute atomic E-state index is 13.3. The first-order valence-corrected chi connectivity index (χ1v) is 9.49. The lowest BCUT2D eigenvalue weighted by Gasteiger charge is -2.31. The molecule has 0 aliphatic carbocycles. The summed E-state index contributed by atoms with van der Waals surface area (Å²) in [6.07, 6.45) is 3.90. The minimum Gasteiger partial charge on any atom is -0.354 e. The number of pyridine rings is 2. The normalized spacial score (nSPS) is 17.1. The van der Waals surface area contributed by atoms with E-state index in [0.717, 1.165) is 42.0 Å². The topological polar surface area (TPSA) is 58.1 Å². The van der Waals surface area contributed by atoms with Crippen LogP contribution in [0.2, 0.25) is 0 Å². The number of rotatable bonds is 3. The number of likely N-dealkylation sites (tertiary alicyclic amines) is 1. The molecule has 1 atom stereocenters. The van der Waals surface area contributed by atoms with Crippen molar-refractivity contribution in [3.8, 4) is 0 Å². The fourth-order valence-electron chi connectivity index (χ4n) is 3.68. The van der Waals surface area contributed by atoms with E-state index in [-0.39, 0.29) is 5.91 Å². The highest BCUT2D eigenvalue weighted by atomic mass is 16.2. The number of amides is 1. The predicted molar refractivity (Wildman–Crippen MR) is 108 cm³/mol. The predicted octanol–water partition coefficient (Wildman–Crippen LogP) is 4.55. The van der Waals surface area contributed by atoms with Crippen LogP contribution in [0.4, 0.5) is 11.4 Å². The van der Waals surface area contributed by atoms with E-state index in [1.54, 1.807) is 6.20 Å². The van der Waals surface area contributed by atoms with Crippen molar-refractivity contribution >= 4 is 28.3 Å². The number of hydrogen-bond acceptors (Lipinski definition) is 4. The third-order valence-corrected chi connectivity index (χ3v) is 5.09. The van der Waals surface area contributed by atoms with Crippen molar-refractivity contribution < 1.29 is 4.79 Å². The third-order valence-electron chi connectivity index (χ3n) is 5.09. The Balaban J connectivity index is 1.80. The Morgan fingerprint density at radius 2 is 2.00 bits per heavy atom. The quantitative estimate of drug-likeness (QED) is 0.744. The minimum absolute atomic E-state index is 0.0370. The monoisotopic (exact) mass is 360 g/mol. The van der Waals surface area contributed by atoms with Crippen LogP contribution in [0.5, 0.6) is 0 Å². The molecule has 5 nitrogen and oxygen atoms in total. The first kappa shape index (κ1) is 17.5. The van der Waals surface area contributed by atoms with Gasteiger partial charge in [0.25, 0.3) is 5.91 Å². The van der Waals surface area contributed by atoms with E-state index < -0.39 is 0 Å². The Hall–Kier alpha value is -2.95. The maximum atomic E-state index is 13.3. The van der Waals surface area contributed by atoms with Gasteiger partial charge in [-0.1, -0.05) is 25.1 Å². The Morgan fingerprint density at radius 1 is 1.19 bits per heavy atom. The Kier molecular flexibility index (Phi) is 4.75. The summed E-state index contributed by atoms with van der Waals surface area (Å²) in [6, 6.07) is 13.9. The lowest BCUT2D eigenvalue weighted by Crippen LogP contribution is -2.39. The lowest BCUT2D eigenvalue weighted by atomic mass is 9.99. The van der Waals surface area contributed by atoms with E-state index in [1.807, 2.05) is 54.3 Å². The van der Waals surface area contributed by atoms with Gasteiger partial charge in [0.1, 0.15) is 0 Å². The van der Waals surface area contributed by atoms with Crippen LogP contribution in [0, 0.1) is 12.8 Å². The Morgan fingerprint density at radius 3 is 2.78 bits per heavy atom. The highest BCUT2D eigenvalue weighted by molar-refractivity contribution is 6.07. The molecule has 1 fully saturated rings. The minimum atomic E-state index is 0.0370. The second kappa shape index (κ2) is 7.35. The SMILES string of the molecule is Cc1ccc2c(Nc3ccccc3)c(C(=O)N3CCCC(C)C3)cnc2n1. The Bertz CT molecular complexity index is 971. The molecule has 3 aromatic rings. The van der Waals surface area contributed by atoms with Gasteiger partial charge in [-0.25, -0.2) is 9.97 Å². The van der Waals surface area contributed by atoms with Crippen LogP contribution >= 0.6 is 0 Å². The molecule has 0 spiro atoms. The van der Waals surface area contributed by atoms with Crippen molar-refractivity contribution in [1.82, 2.24) is 14.9 Å². The van der Waals surface area contributed by atoms with E-state index in [0.29, 0.717) is 17.1 Å². The molecule has 1 saturated heterocycles. The number of fused-ring (bicyclic) bond motifs is 1. The molecule has 1 N–H and O–H groups in total. The van der Waals surface area contributed by atoms with E-state index in [9.17, 15) is 4.79 Å². The second-order valence-corrected chi connectivity index (χ2v) is 7.36. The summed E-state index contributed by atoms with van der Waals surface area (Å²) in [5.74, 6) is 0.570. The van der Waals surface area contributed by atoms with Crippen LogP contribution < -0.4 is 5.32 Å². The number of para-hydroxylation sites is 1. The molecule has 138 valence electrons. The zero-order valence-electron chi connectivity index (χ0n) is 15.8. The molecular formula is C22H24N4O. The van der Waals surface area contributed by atoms with Crippen molar-refractivity contribution in [3.05, 3.63) is 59.9 Å². The highest BCUT2D eigenvalue weighted by Gasteiger charge is 2.25. The van der Waals surface area contributed by atoms with Crippen LogP contribution in [0.3, 0.4) is 0 Å². The fraction of sp³-hybridized carbons (Fsp3) is 0.318. The van der Waals surface area contributed by atoms with Gasteiger partial charge < -0.3 is 10.2 Å². The average Bonchev–Trinajstić information content (AvgIpc) is 2.68. The molecule has 1 amide bonds. The molecule has 0 saturated carbocycles. The number of benzene rings is 1. The molecule has 1 aromatic carbocycles. The highest BCUT2D eigenvalue weighted by Crippen LogP contribution is 2.30. The number of piperidine rings is 1. The van der Waals surface area contributed by atoms with Crippen LogP contribution in [-0.2, 0) is 0 Å². The first-order chi connectivity index (χ1) is 13.1. The molecule has 1 aliphatic rings. The molecule has 3 heterocycles. The molecule has 5 heteroatoms. The summed E-state index contributed by atoms with van der Waals surface area (Å²) in [6.45, 7) is 5.75. The molecule has 1 unspecified atom stereocenters. The number of aryl methyl sites for hydroxylation is 1. The number of carbonyl (C=O) groups is 1. The van der Waals surface area contributed by atoms with Crippen molar-refractivity contribution in [2.75, 3.05) is 18.4 Å². The van der Waals surface area contributed by atoms with Gasteiger partial charge in [-0.15, -0.1) is 0 Å². The van der Waals surface area contributed by atoms with Gasteiger partial charge in [-0.05, 0) is 49.9 Å². The van der Waals surface area contributed by atoms with Crippen LogP contribution in [0.25, 0.3) is 11.0 Å². The van der Waals surface area contributed by atoms with Crippen molar-refractivity contribution in [2.24, 2.45) is 5.92 Å². The standard InChI is InChI=1S/C22H24N4O/c1-15-7-6-12-26(14-15)22(27)19-13-23-21-18(11-10-16(2)24-21)20(19)25-17-8-4-3-5-9-17/h3-5,8-11,13,15H,6-7,12,14H2,1-2H3,(H,23,24,25). The van der Waals surface area contributed by atoms with Crippen LogP contribution in [0.15, 0.2) is 48.7 Å². The summed E-state index contributed by atoms with van der Waals surface area (Å²) in [4.78, 5) is 24.3. The zero-order chi connectivity index (χ0) is 18.8. The van der Waals surface area contributed by atoms with Crippen molar-refractivity contribution in [3.63, 3.8) is 0 Å². The summed E-state index contributed by atoms with van der Waals surface area (Å²) in [7, 11) is 0. The number of aromatic nitrogens is 2. The van der Waals surface area contributed by atoms with Crippen molar-refractivity contribution in [2.45, 2.75) is 26.7 Å². The van der Waals surface area contributed by atoms with E-state index in [2.05, 4.69) is 22.2 Å². The number of anilines is 2. The van der Waals surface area contributed by atoms with Gasteiger partial charge in [-0.2, -0.15) is 0 Å². The average molecular weight is 360 g/mol. The van der Waals surface area contributed by atoms with Crippen LogP contribution in [0.1, 0.15) is 35.8 Å². The maximum Gasteiger partial charge on any atom is 0.257 e. The third kappa shape index (κ3) is 3.63. The van der Waals surface area contributed by atoms with E-state index >= 15 is 0 Å². The number of hydrogen-bond donors (Lipinski definition) is 1. The molecule has 0 bridgehead atoms. The zero-order valence-corrected chi connectivity index (χ0v) is 15.8. The molecule has 1 aliphatic heterocycles.